The molecule has 1 fully saturated rings. The Morgan fingerprint density at radius 2 is 2.24 bits per heavy atom. The lowest BCUT2D eigenvalue weighted by molar-refractivity contribution is -0.131. The van der Waals surface area contributed by atoms with Crippen LogP contribution < -0.4 is 5.73 Å². The molecule has 5 heteroatoms. The number of likely N-dealkylation sites (tertiary alicyclic amines) is 1. The number of amides is 1. The highest BCUT2D eigenvalue weighted by atomic mass is 35.5. The molecule has 1 unspecified atom stereocenters. The van der Waals surface area contributed by atoms with Gasteiger partial charge < -0.3 is 15.6 Å². The first-order valence-electron chi connectivity index (χ1n) is 7.24. The molecular formula is C16H22ClN3O. The third kappa shape index (κ3) is 3.22. The van der Waals surface area contributed by atoms with Crippen LogP contribution in [-0.4, -0.2) is 34.9 Å². The van der Waals surface area contributed by atoms with Gasteiger partial charge in [-0.3, -0.25) is 4.79 Å². The quantitative estimate of drug-likeness (QED) is 0.914. The number of nitrogens with two attached hydrogens (primary N) is 1. The summed E-state index contributed by atoms with van der Waals surface area (Å²) in [5.74, 6) is 0.680. The third-order valence-electron chi connectivity index (χ3n) is 4.17. The molecule has 114 valence electrons. The van der Waals surface area contributed by atoms with Crippen molar-refractivity contribution >= 4 is 29.2 Å². The topological polar surface area (TPSA) is 62.1 Å². The minimum Gasteiger partial charge on any atom is -0.361 e. The number of hydrogen-bond acceptors (Lipinski definition) is 2. The number of fused-ring (bicyclic) bond motifs is 1. The van der Waals surface area contributed by atoms with Gasteiger partial charge in [0.1, 0.15) is 0 Å². The maximum atomic E-state index is 12.3. The number of H-pyrrole nitrogens is 1. The lowest BCUT2D eigenvalue weighted by atomic mass is 10.0. The predicted molar refractivity (Wildman–Crippen MR) is 87.6 cm³/mol. The van der Waals surface area contributed by atoms with E-state index in [0.717, 1.165) is 36.0 Å². The van der Waals surface area contributed by atoms with Crippen molar-refractivity contribution in [2.75, 3.05) is 13.1 Å². The molecule has 1 aliphatic rings. The number of carbonyl (C=O) groups excluding carboxylic acids is 1. The predicted octanol–water partition coefficient (Wildman–Crippen LogP) is 2.33. The van der Waals surface area contributed by atoms with Crippen molar-refractivity contribution in [3.63, 3.8) is 0 Å². The van der Waals surface area contributed by atoms with Crippen LogP contribution in [0.3, 0.4) is 0 Å². The van der Waals surface area contributed by atoms with Gasteiger partial charge >= 0.3 is 0 Å². The van der Waals surface area contributed by atoms with Gasteiger partial charge in [-0.05, 0) is 30.4 Å². The molecule has 0 aliphatic carbocycles. The zero-order chi connectivity index (χ0) is 14.1. The fourth-order valence-corrected chi connectivity index (χ4v) is 2.99. The van der Waals surface area contributed by atoms with Crippen LogP contribution in [0.15, 0.2) is 30.5 Å². The Morgan fingerprint density at radius 3 is 2.95 bits per heavy atom. The van der Waals surface area contributed by atoms with E-state index in [2.05, 4.69) is 18.0 Å². The summed E-state index contributed by atoms with van der Waals surface area (Å²) in [6.07, 6.45) is 3.64. The first kappa shape index (κ1) is 15.9. The second-order valence-electron chi connectivity index (χ2n) is 5.85. The van der Waals surface area contributed by atoms with Crippen molar-refractivity contribution in [2.24, 2.45) is 11.7 Å². The number of aromatic nitrogens is 1. The number of aromatic amines is 1. The highest BCUT2D eigenvalue weighted by Crippen LogP contribution is 2.20. The second-order valence-corrected chi connectivity index (χ2v) is 5.85. The summed E-state index contributed by atoms with van der Waals surface area (Å²) in [5, 5.41) is 1.16. The Morgan fingerprint density at radius 1 is 1.48 bits per heavy atom. The standard InChI is InChI=1S/C16H21N3O.ClH/c1-11-6-7-19(10-11)16(20)14(17)8-12-9-18-15-5-3-2-4-13(12)15;/h2-5,9,11,14,18H,6-8,10,17H2,1H3;1H/t11?,14-;/m0./s1. The zero-order valence-electron chi connectivity index (χ0n) is 12.2. The highest BCUT2D eigenvalue weighted by molar-refractivity contribution is 5.86. The van der Waals surface area contributed by atoms with Gasteiger partial charge in [0.25, 0.3) is 0 Å². The molecule has 2 heterocycles. The molecule has 2 aromatic rings. The van der Waals surface area contributed by atoms with Gasteiger partial charge in [-0.1, -0.05) is 25.1 Å². The molecule has 1 saturated heterocycles. The number of carbonyl (C=O) groups is 1. The summed E-state index contributed by atoms with van der Waals surface area (Å²) >= 11 is 0. The Kier molecular flexibility index (Phi) is 4.91. The van der Waals surface area contributed by atoms with Crippen molar-refractivity contribution < 1.29 is 4.79 Å². The molecule has 1 aliphatic heterocycles. The minimum absolute atomic E-state index is 0. The van der Waals surface area contributed by atoms with E-state index >= 15 is 0 Å². The molecule has 0 radical (unpaired) electrons. The number of nitrogens with one attached hydrogen (secondary N) is 1. The number of para-hydroxylation sites is 1. The van der Waals surface area contributed by atoms with E-state index in [4.69, 9.17) is 5.73 Å². The summed E-state index contributed by atoms with van der Waals surface area (Å²) in [5.41, 5.74) is 8.33. The van der Waals surface area contributed by atoms with E-state index in [0.29, 0.717) is 12.3 Å². The monoisotopic (exact) mass is 307 g/mol. The van der Waals surface area contributed by atoms with Crippen molar-refractivity contribution in [3.05, 3.63) is 36.0 Å². The molecule has 2 atom stereocenters. The van der Waals surface area contributed by atoms with Gasteiger partial charge in [0, 0.05) is 30.2 Å². The second kappa shape index (κ2) is 6.50. The van der Waals surface area contributed by atoms with Crippen LogP contribution in [0.5, 0.6) is 0 Å². The van der Waals surface area contributed by atoms with Crippen molar-refractivity contribution in [3.8, 4) is 0 Å². The van der Waals surface area contributed by atoms with Crippen molar-refractivity contribution in [1.82, 2.24) is 9.88 Å². The molecular weight excluding hydrogens is 286 g/mol. The molecule has 3 rings (SSSR count). The van der Waals surface area contributed by atoms with Crippen LogP contribution >= 0.6 is 12.4 Å². The van der Waals surface area contributed by atoms with E-state index in [1.54, 1.807) is 0 Å². The minimum atomic E-state index is -0.445. The van der Waals surface area contributed by atoms with Crippen LogP contribution in [0.2, 0.25) is 0 Å². The lowest BCUT2D eigenvalue weighted by Crippen LogP contribution is -2.43. The van der Waals surface area contributed by atoms with Gasteiger partial charge in [-0.15, -0.1) is 12.4 Å². The number of nitrogens with zero attached hydrogens (tertiary/aromatic N) is 1. The molecule has 1 aromatic carbocycles. The van der Waals surface area contributed by atoms with E-state index in [1.165, 1.54) is 0 Å². The molecule has 4 nitrogen and oxygen atoms in total. The first-order chi connectivity index (χ1) is 9.65. The molecule has 0 spiro atoms. The highest BCUT2D eigenvalue weighted by Gasteiger charge is 2.27. The molecule has 21 heavy (non-hydrogen) atoms. The van der Waals surface area contributed by atoms with Crippen LogP contribution in [0, 0.1) is 5.92 Å². The Hall–Kier alpha value is -1.52. The largest absolute Gasteiger partial charge is 0.361 e. The van der Waals surface area contributed by atoms with Crippen LogP contribution in [0.25, 0.3) is 10.9 Å². The van der Waals surface area contributed by atoms with E-state index in [-0.39, 0.29) is 18.3 Å². The van der Waals surface area contributed by atoms with Crippen LogP contribution in [-0.2, 0) is 11.2 Å². The Bertz CT molecular complexity index is 625. The average molecular weight is 308 g/mol. The number of rotatable bonds is 3. The molecule has 1 aromatic heterocycles. The Labute approximate surface area is 131 Å². The van der Waals surface area contributed by atoms with E-state index in [9.17, 15) is 4.79 Å². The fraction of sp³-hybridized carbons (Fsp3) is 0.438. The summed E-state index contributed by atoms with van der Waals surface area (Å²) in [6, 6.07) is 7.67. The van der Waals surface area contributed by atoms with Gasteiger partial charge in [-0.2, -0.15) is 0 Å². The smallest absolute Gasteiger partial charge is 0.239 e. The zero-order valence-corrected chi connectivity index (χ0v) is 13.0. The molecule has 0 saturated carbocycles. The first-order valence-corrected chi connectivity index (χ1v) is 7.24. The van der Waals surface area contributed by atoms with Gasteiger partial charge in [0.2, 0.25) is 5.91 Å². The average Bonchev–Trinajstić information content (AvgIpc) is 3.05. The normalized spacial score (nSPS) is 19.5. The van der Waals surface area contributed by atoms with Crippen molar-refractivity contribution in [2.45, 2.75) is 25.8 Å². The summed E-state index contributed by atoms with van der Waals surface area (Å²) < 4.78 is 0. The lowest BCUT2D eigenvalue weighted by Gasteiger charge is -2.20. The Balaban J connectivity index is 0.00000161. The number of hydrogen-bond donors (Lipinski definition) is 2. The summed E-state index contributed by atoms with van der Waals surface area (Å²) in [7, 11) is 0. The maximum absolute atomic E-state index is 12.3. The van der Waals surface area contributed by atoms with Gasteiger partial charge in [-0.25, -0.2) is 0 Å². The molecule has 1 amide bonds. The summed E-state index contributed by atoms with van der Waals surface area (Å²) in [4.78, 5) is 17.5. The van der Waals surface area contributed by atoms with Crippen molar-refractivity contribution in [1.29, 1.82) is 0 Å². The third-order valence-corrected chi connectivity index (χ3v) is 4.17. The maximum Gasteiger partial charge on any atom is 0.239 e. The number of halogens is 1. The van der Waals surface area contributed by atoms with E-state index in [1.807, 2.05) is 29.3 Å². The van der Waals surface area contributed by atoms with Crippen LogP contribution in [0.1, 0.15) is 18.9 Å². The SMILES string of the molecule is CC1CCN(C(=O)[C@@H](N)Cc2c[nH]c3ccccc23)C1.Cl. The molecule has 3 N–H and O–H groups in total. The van der Waals surface area contributed by atoms with Crippen LogP contribution in [0.4, 0.5) is 0 Å². The number of benzene rings is 1. The van der Waals surface area contributed by atoms with Gasteiger partial charge in [0.05, 0.1) is 6.04 Å². The van der Waals surface area contributed by atoms with Gasteiger partial charge in [0.15, 0.2) is 0 Å². The van der Waals surface area contributed by atoms with E-state index < -0.39 is 6.04 Å². The summed E-state index contributed by atoms with van der Waals surface area (Å²) in [6.45, 7) is 3.88. The fourth-order valence-electron chi connectivity index (χ4n) is 2.99. The molecule has 0 bridgehead atoms.